The highest BCUT2D eigenvalue weighted by atomic mass is 32.1. The van der Waals surface area contributed by atoms with Crippen molar-refractivity contribution in [2.24, 2.45) is 0 Å². The molecule has 244 valence electrons. The van der Waals surface area contributed by atoms with Gasteiger partial charge in [-0.15, -0.1) is 22.7 Å². The van der Waals surface area contributed by atoms with E-state index >= 15 is 0 Å². The Morgan fingerprint density at radius 1 is 0.365 bits per heavy atom. The lowest BCUT2D eigenvalue weighted by Gasteiger charge is -2.26. The normalized spacial score (nSPS) is 11.8. The van der Waals surface area contributed by atoms with Crippen LogP contribution < -0.4 is 4.90 Å². The molecule has 0 radical (unpaired) electrons. The Labute approximate surface area is 308 Å². The molecule has 11 aromatic rings. The number of hydrogen-bond acceptors (Lipinski definition) is 4. The SMILES string of the molecule is c1ccc(-c2ccccc2-c2ccc(N(c3ccc4sc5ccccc5c4c3)c3cccc4c3oc3c4ccc4sc5ccccc5c43)cc2)cc1. The smallest absolute Gasteiger partial charge is 0.159 e. The molecule has 0 aliphatic rings. The van der Waals surface area contributed by atoms with E-state index in [0.717, 1.165) is 39.0 Å². The maximum atomic E-state index is 7.05. The molecule has 0 spiro atoms. The van der Waals surface area contributed by atoms with Gasteiger partial charge in [0.15, 0.2) is 5.58 Å². The van der Waals surface area contributed by atoms with Gasteiger partial charge in [-0.25, -0.2) is 0 Å². The monoisotopic (exact) mass is 699 g/mol. The van der Waals surface area contributed by atoms with Crippen LogP contribution in [-0.2, 0) is 0 Å². The lowest BCUT2D eigenvalue weighted by atomic mass is 9.94. The molecule has 8 aromatic carbocycles. The van der Waals surface area contributed by atoms with Crippen LogP contribution in [0.2, 0.25) is 0 Å². The van der Waals surface area contributed by atoms with Crippen LogP contribution in [0.15, 0.2) is 180 Å². The molecule has 0 atom stereocenters. The summed E-state index contributed by atoms with van der Waals surface area (Å²) in [6, 6.07) is 63.6. The zero-order chi connectivity index (χ0) is 34.2. The summed E-state index contributed by atoms with van der Waals surface area (Å²) in [5, 5.41) is 7.24. The van der Waals surface area contributed by atoms with E-state index in [0.29, 0.717) is 0 Å². The van der Waals surface area contributed by atoms with Gasteiger partial charge in [0.25, 0.3) is 0 Å². The standard InChI is InChI=1S/C48H29NOS2/c1-2-11-30(12-3-1)34-13-4-5-14-35(34)31-21-23-32(24-22-31)49(33-25-27-44-40(29-33)36-15-6-8-19-42(36)51-44)41-18-10-17-37-38-26-28-45-46(48(38)50-47(37)41)39-16-7-9-20-43(39)52-45/h1-29H. The maximum Gasteiger partial charge on any atom is 0.159 e. The zero-order valence-electron chi connectivity index (χ0n) is 27.9. The fourth-order valence-electron chi connectivity index (χ4n) is 7.90. The summed E-state index contributed by atoms with van der Waals surface area (Å²) < 4.78 is 12.2. The number of furan rings is 1. The van der Waals surface area contributed by atoms with Gasteiger partial charge >= 0.3 is 0 Å². The summed E-state index contributed by atoms with van der Waals surface area (Å²) in [6.07, 6.45) is 0. The molecule has 0 aliphatic heterocycles. The van der Waals surface area contributed by atoms with E-state index in [1.54, 1.807) is 0 Å². The van der Waals surface area contributed by atoms with Crippen LogP contribution in [0.4, 0.5) is 17.1 Å². The Bertz CT molecular complexity index is 3130. The van der Waals surface area contributed by atoms with E-state index in [1.807, 2.05) is 22.7 Å². The largest absolute Gasteiger partial charge is 0.453 e. The molecule has 3 heterocycles. The maximum absolute atomic E-state index is 7.05. The van der Waals surface area contributed by atoms with Crippen molar-refractivity contribution in [2.45, 2.75) is 0 Å². The Kier molecular flexibility index (Phi) is 6.63. The quantitative estimate of drug-likeness (QED) is 0.178. The third kappa shape index (κ3) is 4.55. The van der Waals surface area contributed by atoms with E-state index in [1.165, 1.54) is 62.6 Å². The zero-order valence-corrected chi connectivity index (χ0v) is 29.5. The summed E-state index contributed by atoms with van der Waals surface area (Å²) >= 11 is 3.67. The van der Waals surface area contributed by atoms with Gasteiger partial charge in [0.2, 0.25) is 0 Å². The Balaban J connectivity index is 1.14. The minimum Gasteiger partial charge on any atom is -0.453 e. The van der Waals surface area contributed by atoms with Crippen LogP contribution in [-0.4, -0.2) is 0 Å². The van der Waals surface area contributed by atoms with Crippen molar-refractivity contribution < 1.29 is 4.42 Å². The lowest BCUT2D eigenvalue weighted by Crippen LogP contribution is -2.10. The predicted octanol–water partition coefficient (Wildman–Crippen LogP) is 15.1. The number of thiophene rings is 2. The lowest BCUT2D eigenvalue weighted by molar-refractivity contribution is 0.673. The van der Waals surface area contributed by atoms with Crippen molar-refractivity contribution in [2.75, 3.05) is 4.90 Å². The number of nitrogens with zero attached hydrogens (tertiary/aromatic N) is 1. The summed E-state index contributed by atoms with van der Waals surface area (Å²) in [4.78, 5) is 2.37. The van der Waals surface area contributed by atoms with Crippen molar-refractivity contribution >= 4 is 102 Å². The average molecular weight is 700 g/mol. The summed E-state index contributed by atoms with van der Waals surface area (Å²) in [5.74, 6) is 0. The molecule has 0 saturated heterocycles. The first-order valence-electron chi connectivity index (χ1n) is 17.5. The molecular formula is C48H29NOS2. The second kappa shape index (κ2) is 11.7. The number of rotatable bonds is 5. The molecule has 0 aliphatic carbocycles. The molecule has 0 unspecified atom stereocenters. The van der Waals surface area contributed by atoms with Gasteiger partial charge in [-0.05, 0) is 82.9 Å². The van der Waals surface area contributed by atoms with E-state index < -0.39 is 0 Å². The molecule has 0 amide bonds. The van der Waals surface area contributed by atoms with Crippen LogP contribution >= 0.6 is 22.7 Å². The highest BCUT2D eigenvalue weighted by Gasteiger charge is 2.22. The molecule has 52 heavy (non-hydrogen) atoms. The number of benzene rings is 8. The highest BCUT2D eigenvalue weighted by Crippen LogP contribution is 2.47. The van der Waals surface area contributed by atoms with Crippen molar-refractivity contribution in [1.82, 2.24) is 0 Å². The molecule has 0 saturated carbocycles. The molecule has 4 heteroatoms. The van der Waals surface area contributed by atoms with E-state index in [2.05, 4.69) is 181 Å². The van der Waals surface area contributed by atoms with Crippen LogP contribution in [0.25, 0.3) is 84.5 Å². The Hall–Kier alpha value is -6.20. The van der Waals surface area contributed by atoms with E-state index in [-0.39, 0.29) is 0 Å². The van der Waals surface area contributed by atoms with E-state index in [4.69, 9.17) is 4.42 Å². The third-order valence-corrected chi connectivity index (χ3v) is 12.6. The number of hydrogen-bond donors (Lipinski definition) is 0. The van der Waals surface area contributed by atoms with Gasteiger partial charge in [0.1, 0.15) is 5.58 Å². The molecular weight excluding hydrogens is 671 g/mol. The molecule has 3 aromatic heterocycles. The van der Waals surface area contributed by atoms with Gasteiger partial charge in [0.05, 0.1) is 5.69 Å². The predicted molar refractivity (Wildman–Crippen MR) is 225 cm³/mol. The van der Waals surface area contributed by atoms with Crippen molar-refractivity contribution in [1.29, 1.82) is 0 Å². The summed E-state index contributed by atoms with van der Waals surface area (Å²) in [5.41, 5.74) is 9.83. The fraction of sp³-hybridized carbons (Fsp3) is 0. The third-order valence-electron chi connectivity index (χ3n) is 10.3. The van der Waals surface area contributed by atoms with Crippen molar-refractivity contribution in [3.63, 3.8) is 0 Å². The fourth-order valence-corrected chi connectivity index (χ4v) is 10.1. The number of para-hydroxylation sites is 1. The summed E-state index contributed by atoms with van der Waals surface area (Å²) in [6.45, 7) is 0. The van der Waals surface area contributed by atoms with Crippen LogP contribution in [0.3, 0.4) is 0 Å². The minimum atomic E-state index is 0.883. The van der Waals surface area contributed by atoms with Gasteiger partial charge in [-0.1, -0.05) is 115 Å². The number of fused-ring (bicyclic) bond motifs is 10. The van der Waals surface area contributed by atoms with Crippen molar-refractivity contribution in [3.8, 4) is 22.3 Å². The molecule has 0 N–H and O–H groups in total. The van der Waals surface area contributed by atoms with Gasteiger partial charge < -0.3 is 9.32 Å². The number of anilines is 3. The average Bonchev–Trinajstić information content (AvgIpc) is 3.90. The van der Waals surface area contributed by atoms with Crippen LogP contribution in [0, 0.1) is 0 Å². The Morgan fingerprint density at radius 2 is 0.942 bits per heavy atom. The minimum absolute atomic E-state index is 0.883. The second-order valence-corrected chi connectivity index (χ2v) is 15.4. The molecule has 11 rings (SSSR count). The Morgan fingerprint density at radius 3 is 1.75 bits per heavy atom. The first-order chi connectivity index (χ1) is 25.8. The van der Waals surface area contributed by atoms with Gasteiger partial charge in [-0.3, -0.25) is 0 Å². The summed E-state index contributed by atoms with van der Waals surface area (Å²) in [7, 11) is 0. The van der Waals surface area contributed by atoms with Gasteiger partial charge in [-0.2, -0.15) is 0 Å². The second-order valence-electron chi connectivity index (χ2n) is 13.2. The van der Waals surface area contributed by atoms with Crippen molar-refractivity contribution in [3.05, 3.63) is 176 Å². The molecule has 2 nitrogen and oxygen atoms in total. The molecule has 0 bridgehead atoms. The van der Waals surface area contributed by atoms with Gasteiger partial charge in [0, 0.05) is 62.5 Å². The topological polar surface area (TPSA) is 16.4 Å². The van der Waals surface area contributed by atoms with Crippen LogP contribution in [0.1, 0.15) is 0 Å². The highest BCUT2D eigenvalue weighted by molar-refractivity contribution is 7.26. The van der Waals surface area contributed by atoms with E-state index in [9.17, 15) is 0 Å². The first-order valence-corrected chi connectivity index (χ1v) is 19.1. The van der Waals surface area contributed by atoms with Crippen LogP contribution in [0.5, 0.6) is 0 Å². The molecule has 0 fully saturated rings. The first kappa shape index (κ1) is 29.5.